The predicted octanol–water partition coefficient (Wildman–Crippen LogP) is 3.45. The Morgan fingerprint density at radius 2 is 2.11 bits per heavy atom. The van der Waals surface area contributed by atoms with E-state index in [1.807, 2.05) is 26.8 Å². The van der Waals surface area contributed by atoms with Crippen molar-refractivity contribution in [3.63, 3.8) is 0 Å². The number of aromatic hydroxyl groups is 1. The van der Waals surface area contributed by atoms with Crippen LogP contribution < -0.4 is 4.90 Å². The van der Waals surface area contributed by atoms with E-state index in [2.05, 4.69) is 15.9 Å². The second-order valence-corrected chi connectivity index (χ2v) is 6.13. The molecule has 2 rings (SSSR count). The maximum atomic E-state index is 12.0. The van der Waals surface area contributed by atoms with Crippen LogP contribution in [-0.4, -0.2) is 23.3 Å². The summed E-state index contributed by atoms with van der Waals surface area (Å²) in [5.74, 6) is 0.207. The van der Waals surface area contributed by atoms with Gasteiger partial charge in [0.15, 0.2) is 0 Å². The van der Waals surface area contributed by atoms with E-state index in [1.165, 1.54) is 0 Å². The Bertz CT molecular complexity index is 494. The van der Waals surface area contributed by atoms with Gasteiger partial charge in [0.1, 0.15) is 11.4 Å². The van der Waals surface area contributed by atoms with E-state index in [0.717, 1.165) is 11.3 Å². The van der Waals surface area contributed by atoms with Crippen LogP contribution in [-0.2, 0) is 11.2 Å². The van der Waals surface area contributed by atoms with Gasteiger partial charge in [0.25, 0.3) is 0 Å². The first kappa shape index (κ1) is 13.2. The van der Waals surface area contributed by atoms with Crippen molar-refractivity contribution in [1.29, 1.82) is 0 Å². The summed E-state index contributed by atoms with van der Waals surface area (Å²) in [7, 11) is 0. The molecule has 1 aliphatic heterocycles. The van der Waals surface area contributed by atoms with Gasteiger partial charge in [-0.25, -0.2) is 4.79 Å². The average Bonchev–Trinajstić information content (AvgIpc) is 2.65. The first-order valence-electron chi connectivity index (χ1n) is 5.80. The van der Waals surface area contributed by atoms with Crippen LogP contribution in [0, 0.1) is 0 Å². The summed E-state index contributed by atoms with van der Waals surface area (Å²) in [4.78, 5) is 13.6. The van der Waals surface area contributed by atoms with E-state index in [1.54, 1.807) is 11.0 Å². The van der Waals surface area contributed by atoms with Gasteiger partial charge in [0.05, 0.1) is 10.2 Å². The van der Waals surface area contributed by atoms with Crippen molar-refractivity contribution in [2.24, 2.45) is 0 Å². The van der Waals surface area contributed by atoms with Gasteiger partial charge in [-0.1, -0.05) is 0 Å². The summed E-state index contributed by atoms with van der Waals surface area (Å²) in [5.41, 5.74) is 0.997. The number of carbonyl (C=O) groups excluding carboxylic acids is 1. The highest BCUT2D eigenvalue weighted by atomic mass is 79.9. The lowest BCUT2D eigenvalue weighted by molar-refractivity contribution is 0.0584. The van der Waals surface area contributed by atoms with Crippen LogP contribution in [0.5, 0.6) is 5.75 Å². The monoisotopic (exact) mass is 313 g/mol. The van der Waals surface area contributed by atoms with Gasteiger partial charge in [-0.05, 0) is 55.3 Å². The molecular weight excluding hydrogens is 298 g/mol. The number of benzene rings is 1. The number of carbonyl (C=O) groups is 1. The molecule has 0 saturated carbocycles. The summed E-state index contributed by atoms with van der Waals surface area (Å²) < 4.78 is 5.99. The third kappa shape index (κ3) is 2.46. The van der Waals surface area contributed by atoms with Crippen LogP contribution in [0.4, 0.5) is 10.5 Å². The van der Waals surface area contributed by atoms with Gasteiger partial charge in [-0.15, -0.1) is 0 Å². The molecule has 0 aliphatic carbocycles. The number of rotatable bonds is 0. The predicted molar refractivity (Wildman–Crippen MR) is 73.1 cm³/mol. The molecule has 5 heteroatoms. The molecule has 0 spiro atoms. The van der Waals surface area contributed by atoms with Gasteiger partial charge in [-0.2, -0.15) is 0 Å². The fourth-order valence-corrected chi connectivity index (χ4v) is 2.32. The van der Waals surface area contributed by atoms with Gasteiger partial charge in [0, 0.05) is 12.1 Å². The highest BCUT2D eigenvalue weighted by Gasteiger charge is 2.30. The van der Waals surface area contributed by atoms with Crippen molar-refractivity contribution < 1.29 is 14.6 Å². The Hall–Kier alpha value is -1.23. The van der Waals surface area contributed by atoms with Gasteiger partial charge in [-0.3, -0.25) is 4.90 Å². The molecule has 1 aliphatic rings. The zero-order valence-corrected chi connectivity index (χ0v) is 12.2. The minimum absolute atomic E-state index is 0.207. The summed E-state index contributed by atoms with van der Waals surface area (Å²) in [6, 6.07) is 3.55. The number of phenolic OH excluding ortho intramolecular Hbond substituents is 1. The Morgan fingerprint density at radius 3 is 2.72 bits per heavy atom. The van der Waals surface area contributed by atoms with E-state index in [4.69, 9.17) is 4.74 Å². The van der Waals surface area contributed by atoms with Crippen molar-refractivity contribution >= 4 is 27.7 Å². The minimum atomic E-state index is -0.517. The normalized spacial score (nSPS) is 14.6. The second-order valence-electron chi connectivity index (χ2n) is 5.28. The molecule has 0 unspecified atom stereocenters. The fourth-order valence-electron chi connectivity index (χ4n) is 1.95. The summed E-state index contributed by atoms with van der Waals surface area (Å²) in [6.07, 6.45) is 0.266. The maximum absolute atomic E-state index is 12.0. The Balaban J connectivity index is 2.27. The molecule has 0 radical (unpaired) electrons. The summed E-state index contributed by atoms with van der Waals surface area (Å²) in [6.45, 7) is 6.04. The van der Waals surface area contributed by atoms with Crippen molar-refractivity contribution in [2.45, 2.75) is 32.8 Å². The van der Waals surface area contributed by atoms with Gasteiger partial charge < -0.3 is 9.84 Å². The molecule has 1 N–H and O–H groups in total. The summed E-state index contributed by atoms with van der Waals surface area (Å²) >= 11 is 3.27. The van der Waals surface area contributed by atoms with Crippen LogP contribution in [0.15, 0.2) is 16.6 Å². The van der Waals surface area contributed by atoms with E-state index >= 15 is 0 Å². The molecular formula is C13H16BrNO3. The maximum Gasteiger partial charge on any atom is 0.414 e. The lowest BCUT2D eigenvalue weighted by Gasteiger charge is -2.24. The molecule has 0 fully saturated rings. The van der Waals surface area contributed by atoms with Gasteiger partial charge >= 0.3 is 6.09 Å². The molecule has 1 aromatic carbocycles. The number of hydrogen-bond acceptors (Lipinski definition) is 3. The molecule has 0 atom stereocenters. The SMILES string of the molecule is CC(C)(C)OC(=O)N1CCc2c1ccc(Br)c2O. The molecule has 1 amide bonds. The Kier molecular flexibility index (Phi) is 3.27. The van der Waals surface area contributed by atoms with Crippen molar-refractivity contribution in [1.82, 2.24) is 0 Å². The fraction of sp³-hybridized carbons (Fsp3) is 0.462. The summed E-state index contributed by atoms with van der Waals surface area (Å²) in [5, 5.41) is 9.92. The third-order valence-corrected chi connectivity index (χ3v) is 3.34. The first-order chi connectivity index (χ1) is 8.29. The molecule has 4 nitrogen and oxygen atoms in total. The van der Waals surface area contributed by atoms with Crippen LogP contribution >= 0.6 is 15.9 Å². The van der Waals surface area contributed by atoms with E-state index in [-0.39, 0.29) is 11.8 Å². The zero-order valence-electron chi connectivity index (χ0n) is 10.7. The van der Waals surface area contributed by atoms with E-state index in [9.17, 15) is 9.90 Å². The highest BCUT2D eigenvalue weighted by molar-refractivity contribution is 9.10. The molecule has 0 bridgehead atoms. The Morgan fingerprint density at radius 1 is 1.44 bits per heavy atom. The number of phenols is 1. The van der Waals surface area contributed by atoms with Crippen molar-refractivity contribution in [3.05, 3.63) is 22.2 Å². The topological polar surface area (TPSA) is 49.8 Å². The number of hydrogen-bond donors (Lipinski definition) is 1. The molecule has 18 heavy (non-hydrogen) atoms. The second kappa shape index (κ2) is 4.46. The zero-order chi connectivity index (χ0) is 13.5. The standard InChI is InChI=1S/C13H16BrNO3/c1-13(2,3)18-12(17)15-7-6-8-10(15)5-4-9(14)11(8)16/h4-5,16H,6-7H2,1-3H3. The number of nitrogens with zero attached hydrogens (tertiary/aromatic N) is 1. The van der Waals surface area contributed by atoms with Crippen LogP contribution in [0.3, 0.4) is 0 Å². The minimum Gasteiger partial charge on any atom is -0.506 e. The van der Waals surface area contributed by atoms with Crippen LogP contribution in [0.25, 0.3) is 0 Å². The number of amides is 1. The Labute approximate surface area is 115 Å². The number of ether oxygens (including phenoxy) is 1. The quantitative estimate of drug-likeness (QED) is 0.798. The van der Waals surface area contributed by atoms with Crippen molar-refractivity contribution in [2.75, 3.05) is 11.4 Å². The molecule has 0 aromatic heterocycles. The first-order valence-corrected chi connectivity index (χ1v) is 6.60. The number of anilines is 1. The highest BCUT2D eigenvalue weighted by Crippen LogP contribution is 2.39. The van der Waals surface area contributed by atoms with Gasteiger partial charge in [0.2, 0.25) is 0 Å². The third-order valence-electron chi connectivity index (χ3n) is 2.70. The lowest BCUT2D eigenvalue weighted by Crippen LogP contribution is -2.35. The van der Waals surface area contributed by atoms with Crippen LogP contribution in [0.1, 0.15) is 26.3 Å². The smallest absolute Gasteiger partial charge is 0.414 e. The molecule has 0 saturated heterocycles. The molecule has 98 valence electrons. The molecule has 1 aromatic rings. The van der Waals surface area contributed by atoms with Crippen molar-refractivity contribution in [3.8, 4) is 5.75 Å². The van der Waals surface area contributed by atoms with E-state index in [0.29, 0.717) is 17.4 Å². The lowest BCUT2D eigenvalue weighted by atomic mass is 10.1. The number of fused-ring (bicyclic) bond motifs is 1. The average molecular weight is 314 g/mol. The van der Waals surface area contributed by atoms with Crippen LogP contribution in [0.2, 0.25) is 0 Å². The number of halogens is 1. The van der Waals surface area contributed by atoms with E-state index < -0.39 is 5.60 Å². The largest absolute Gasteiger partial charge is 0.506 e. The molecule has 1 heterocycles.